The summed E-state index contributed by atoms with van der Waals surface area (Å²) in [4.78, 5) is 41.3. The molecule has 1 aliphatic heterocycles. The number of rotatable bonds is 10. The van der Waals surface area contributed by atoms with Crippen molar-refractivity contribution in [1.82, 2.24) is 9.69 Å². The number of nitrogens with zero attached hydrogens (tertiary/aromatic N) is 2. The van der Waals surface area contributed by atoms with E-state index in [0.29, 0.717) is 36.8 Å². The van der Waals surface area contributed by atoms with Crippen molar-refractivity contribution in [3.8, 4) is 5.75 Å². The molecule has 2 aromatic carbocycles. The monoisotopic (exact) mass is 551 g/mol. The summed E-state index contributed by atoms with van der Waals surface area (Å²) in [6, 6.07) is 11.5. The summed E-state index contributed by atoms with van der Waals surface area (Å²) in [6.45, 7) is 7.24. The molecule has 0 saturated carbocycles. The molecular weight excluding hydrogens is 518 g/mol. The van der Waals surface area contributed by atoms with Gasteiger partial charge in [0.05, 0.1) is 18.4 Å². The minimum Gasteiger partial charge on any atom is -0.494 e. The van der Waals surface area contributed by atoms with Gasteiger partial charge in [-0.05, 0) is 86.1 Å². The number of aryl methyl sites for hydroxylation is 2. The predicted octanol–water partition coefficient (Wildman–Crippen LogP) is 3.52. The van der Waals surface area contributed by atoms with E-state index in [-0.39, 0.29) is 28.3 Å². The first-order valence-corrected chi connectivity index (χ1v) is 13.6. The Morgan fingerprint density at radius 3 is 2.51 bits per heavy atom. The number of anilines is 2. The van der Waals surface area contributed by atoms with Gasteiger partial charge in [0.2, 0.25) is 5.91 Å². The van der Waals surface area contributed by atoms with Gasteiger partial charge in [-0.25, -0.2) is 0 Å². The van der Waals surface area contributed by atoms with Gasteiger partial charge in [0.1, 0.15) is 16.7 Å². The van der Waals surface area contributed by atoms with Gasteiger partial charge in [-0.2, -0.15) is 4.37 Å². The van der Waals surface area contributed by atoms with Crippen molar-refractivity contribution in [2.45, 2.75) is 45.8 Å². The fourth-order valence-corrected chi connectivity index (χ4v) is 5.19. The molecule has 0 aliphatic carbocycles. The van der Waals surface area contributed by atoms with Crippen LogP contribution in [0.5, 0.6) is 5.75 Å². The number of primary amides is 1. The topological polar surface area (TPSA) is 150 Å². The van der Waals surface area contributed by atoms with Crippen molar-refractivity contribution >= 4 is 40.6 Å². The van der Waals surface area contributed by atoms with Gasteiger partial charge in [0.25, 0.3) is 11.8 Å². The van der Waals surface area contributed by atoms with Crippen LogP contribution in [0.4, 0.5) is 11.4 Å². The number of aromatic nitrogens is 1. The lowest BCUT2D eigenvalue weighted by molar-refractivity contribution is -0.123. The Morgan fingerprint density at radius 1 is 1.18 bits per heavy atom. The number of nitrogens with two attached hydrogens (primary N) is 2. The highest BCUT2D eigenvalue weighted by Gasteiger charge is 2.36. The van der Waals surface area contributed by atoms with E-state index in [1.54, 1.807) is 30.3 Å². The third-order valence-electron chi connectivity index (χ3n) is 6.68. The number of hydrogen-bond acceptors (Lipinski definition) is 8. The van der Waals surface area contributed by atoms with Crippen LogP contribution in [0.15, 0.2) is 42.5 Å². The zero-order valence-electron chi connectivity index (χ0n) is 22.2. The van der Waals surface area contributed by atoms with Crippen LogP contribution >= 0.6 is 11.5 Å². The van der Waals surface area contributed by atoms with Crippen LogP contribution < -0.4 is 26.4 Å². The van der Waals surface area contributed by atoms with E-state index in [2.05, 4.69) is 9.69 Å². The molecule has 1 saturated heterocycles. The predicted molar refractivity (Wildman–Crippen MR) is 150 cm³/mol. The van der Waals surface area contributed by atoms with Crippen LogP contribution in [0.25, 0.3) is 0 Å². The second kappa shape index (κ2) is 12.3. The fourth-order valence-electron chi connectivity index (χ4n) is 4.44. The number of hydrogen-bond donors (Lipinski definition) is 3. The third-order valence-corrected chi connectivity index (χ3v) is 7.54. The first-order chi connectivity index (χ1) is 18.7. The molecule has 2 heterocycles. The highest BCUT2D eigenvalue weighted by molar-refractivity contribution is 7.09. The molecule has 2 atom stereocenters. The Labute approximate surface area is 231 Å². The Balaban J connectivity index is 1.82. The fraction of sp³-hybridized carbons (Fsp3) is 0.357. The second-order valence-corrected chi connectivity index (χ2v) is 10.1. The highest BCUT2D eigenvalue weighted by Crippen LogP contribution is 2.34. The molecule has 10 nitrogen and oxygen atoms in total. The average Bonchev–Trinajstić information content (AvgIpc) is 3.58. The van der Waals surface area contributed by atoms with Crippen LogP contribution in [0.2, 0.25) is 0 Å². The first kappa shape index (κ1) is 28.1. The standard InChI is InChI=1S/C28H33N5O5S/c1-4-37-20-11-8-18(9-12-20)24(27(35)31-15-21-6-5-13-38-21)33(19-10-7-16(2)17(3)14-19)28(36)25-22(29)23(26(30)34)32-39-25/h7-12,14,21,24H,4-6,13,15,29H2,1-3H3,(H2,30,34)(H,31,35)/t21-,24-/m0/s1. The Kier molecular flexibility index (Phi) is 8.82. The lowest BCUT2D eigenvalue weighted by atomic mass is 10.0. The van der Waals surface area contributed by atoms with Gasteiger partial charge in [-0.1, -0.05) is 18.2 Å². The largest absolute Gasteiger partial charge is 0.494 e. The molecule has 0 spiro atoms. The Morgan fingerprint density at radius 2 is 1.92 bits per heavy atom. The summed E-state index contributed by atoms with van der Waals surface area (Å²) in [6.07, 6.45) is 1.69. The molecule has 206 valence electrons. The maximum atomic E-state index is 14.2. The van der Waals surface area contributed by atoms with Gasteiger partial charge in [-0.15, -0.1) is 0 Å². The zero-order valence-corrected chi connectivity index (χ0v) is 23.0. The number of carbonyl (C=O) groups excluding carboxylic acids is 3. The summed E-state index contributed by atoms with van der Waals surface area (Å²) in [5, 5.41) is 2.98. The second-order valence-electron chi connectivity index (χ2n) is 9.37. The molecule has 11 heteroatoms. The van der Waals surface area contributed by atoms with Crippen molar-refractivity contribution in [1.29, 1.82) is 0 Å². The van der Waals surface area contributed by atoms with E-state index in [0.717, 1.165) is 35.5 Å². The van der Waals surface area contributed by atoms with Crippen molar-refractivity contribution < 1.29 is 23.9 Å². The van der Waals surface area contributed by atoms with Crippen LogP contribution in [-0.4, -0.2) is 48.0 Å². The van der Waals surface area contributed by atoms with E-state index in [9.17, 15) is 14.4 Å². The molecular formula is C28H33N5O5S. The molecule has 5 N–H and O–H groups in total. The third kappa shape index (κ3) is 6.21. The molecule has 0 unspecified atom stereocenters. The SMILES string of the molecule is CCOc1ccc([C@@H](C(=O)NC[C@@H]2CCCO2)N(C(=O)c2snc(C(N)=O)c2N)c2ccc(C)c(C)c2)cc1. The molecule has 3 amide bonds. The molecule has 1 fully saturated rings. The summed E-state index contributed by atoms with van der Waals surface area (Å²) in [5.41, 5.74) is 14.3. The molecule has 4 rings (SSSR count). The van der Waals surface area contributed by atoms with E-state index >= 15 is 0 Å². The summed E-state index contributed by atoms with van der Waals surface area (Å²) >= 11 is 0.771. The van der Waals surface area contributed by atoms with E-state index in [1.165, 1.54) is 4.90 Å². The number of ether oxygens (including phenoxy) is 2. The lowest BCUT2D eigenvalue weighted by Gasteiger charge is -2.32. The number of carbonyl (C=O) groups is 3. The van der Waals surface area contributed by atoms with Gasteiger partial charge in [-0.3, -0.25) is 19.3 Å². The molecule has 1 aliphatic rings. The number of benzene rings is 2. The van der Waals surface area contributed by atoms with Crippen LogP contribution in [0.3, 0.4) is 0 Å². The molecule has 39 heavy (non-hydrogen) atoms. The van der Waals surface area contributed by atoms with Crippen molar-refractivity contribution in [3.05, 3.63) is 69.7 Å². The van der Waals surface area contributed by atoms with Crippen LogP contribution in [0.1, 0.15) is 62.7 Å². The smallest absolute Gasteiger partial charge is 0.273 e. The maximum Gasteiger partial charge on any atom is 0.273 e. The Hall–Kier alpha value is -3.96. The first-order valence-electron chi connectivity index (χ1n) is 12.8. The number of amides is 3. The van der Waals surface area contributed by atoms with Crippen molar-refractivity contribution in [2.24, 2.45) is 5.73 Å². The lowest BCUT2D eigenvalue weighted by Crippen LogP contribution is -2.45. The van der Waals surface area contributed by atoms with Gasteiger partial charge in [0, 0.05) is 18.8 Å². The molecule has 0 bridgehead atoms. The van der Waals surface area contributed by atoms with E-state index < -0.39 is 17.9 Å². The number of nitrogen functional groups attached to an aromatic ring is 1. The van der Waals surface area contributed by atoms with Crippen LogP contribution in [-0.2, 0) is 9.53 Å². The minimum atomic E-state index is -1.07. The zero-order chi connectivity index (χ0) is 28.1. The minimum absolute atomic E-state index is 0.0184. The molecule has 0 radical (unpaired) electrons. The van der Waals surface area contributed by atoms with Gasteiger partial charge < -0.3 is 26.3 Å². The summed E-state index contributed by atoms with van der Waals surface area (Å²) in [5.74, 6) is -1.16. The van der Waals surface area contributed by atoms with E-state index in [4.69, 9.17) is 20.9 Å². The van der Waals surface area contributed by atoms with Gasteiger partial charge >= 0.3 is 0 Å². The quantitative estimate of drug-likeness (QED) is 0.349. The summed E-state index contributed by atoms with van der Waals surface area (Å²) < 4.78 is 15.3. The summed E-state index contributed by atoms with van der Waals surface area (Å²) in [7, 11) is 0. The van der Waals surface area contributed by atoms with Crippen molar-refractivity contribution in [3.63, 3.8) is 0 Å². The average molecular weight is 552 g/mol. The van der Waals surface area contributed by atoms with Gasteiger partial charge in [0.15, 0.2) is 5.69 Å². The molecule has 1 aromatic heterocycles. The maximum absolute atomic E-state index is 14.2. The molecule has 3 aromatic rings. The van der Waals surface area contributed by atoms with Crippen LogP contribution in [0, 0.1) is 13.8 Å². The normalized spacial score (nSPS) is 15.5. The van der Waals surface area contributed by atoms with E-state index in [1.807, 2.05) is 32.9 Å². The number of nitrogens with one attached hydrogen (secondary N) is 1. The van der Waals surface area contributed by atoms with Crippen molar-refractivity contribution in [2.75, 3.05) is 30.4 Å². The highest BCUT2D eigenvalue weighted by atomic mass is 32.1. The Bertz CT molecular complexity index is 1350.